The largest absolute Gasteiger partial charge is 0.508 e. The van der Waals surface area contributed by atoms with Crippen molar-refractivity contribution in [2.45, 2.75) is 74.6 Å². The van der Waals surface area contributed by atoms with Crippen molar-refractivity contribution in [3.05, 3.63) is 137 Å². The zero-order valence-electron chi connectivity index (χ0n) is 27.1. The molecule has 6 rings (SSSR count). The Labute approximate surface area is 284 Å². The van der Waals surface area contributed by atoms with E-state index in [1.54, 1.807) is 18.7 Å². The summed E-state index contributed by atoms with van der Waals surface area (Å²) in [6.45, 7) is 3.09. The summed E-state index contributed by atoms with van der Waals surface area (Å²) in [7, 11) is 0. The Bertz CT molecular complexity index is 1640. The number of hydrogen-bond acceptors (Lipinski definition) is 7. The molecule has 1 fully saturated rings. The van der Waals surface area contributed by atoms with Gasteiger partial charge in [0.05, 0.1) is 19.8 Å². The lowest BCUT2D eigenvalue weighted by Crippen LogP contribution is -2.61. The van der Waals surface area contributed by atoms with Crippen LogP contribution >= 0.6 is 11.8 Å². The van der Waals surface area contributed by atoms with Crippen LogP contribution in [-0.2, 0) is 43.3 Å². The highest BCUT2D eigenvalue weighted by Gasteiger charge is 2.60. The molecule has 4 aromatic carbocycles. The van der Waals surface area contributed by atoms with Crippen molar-refractivity contribution in [2.75, 3.05) is 19.0 Å². The lowest BCUT2D eigenvalue weighted by Gasteiger charge is -2.46. The molecule has 48 heavy (non-hydrogen) atoms. The normalized spacial score (nSPS) is 23.0. The lowest BCUT2D eigenvalue weighted by molar-refractivity contribution is -0.317. The van der Waals surface area contributed by atoms with Crippen LogP contribution in [0.15, 0.2) is 108 Å². The smallest absolute Gasteiger partial charge is 0.435 e. The van der Waals surface area contributed by atoms with Crippen LogP contribution in [0.5, 0.6) is 0 Å². The molecule has 0 N–H and O–H groups in total. The molecular weight excluding hydrogens is 634 g/mol. The summed E-state index contributed by atoms with van der Waals surface area (Å²) in [4.78, 5) is 13.2. The first-order valence-electron chi connectivity index (χ1n) is 16.4. The fourth-order valence-electron chi connectivity index (χ4n) is 6.21. The Kier molecular flexibility index (Phi) is 11.1. The van der Waals surface area contributed by atoms with Gasteiger partial charge in [-0.2, -0.15) is 0 Å². The fraction of sp³-hybridized carbons (Fsp3) is 0.359. The summed E-state index contributed by atoms with van der Waals surface area (Å²) in [5.41, 5.74) is 5.85. The van der Waals surface area contributed by atoms with E-state index in [4.69, 9.17) is 23.7 Å². The van der Waals surface area contributed by atoms with Gasteiger partial charge in [-0.1, -0.05) is 104 Å². The van der Waals surface area contributed by atoms with Crippen molar-refractivity contribution in [1.82, 2.24) is 0 Å². The average Bonchev–Trinajstić information content (AvgIpc) is 3.54. The van der Waals surface area contributed by atoms with Crippen molar-refractivity contribution in [3.8, 4) is 0 Å². The number of rotatable bonds is 12. The predicted molar refractivity (Wildman–Crippen MR) is 180 cm³/mol. The molecule has 0 aromatic heterocycles. The maximum Gasteiger partial charge on any atom is 0.508 e. The number of aryl methyl sites for hydroxylation is 1. The van der Waals surface area contributed by atoms with Crippen molar-refractivity contribution in [2.24, 2.45) is 0 Å². The van der Waals surface area contributed by atoms with Crippen LogP contribution in [-0.4, -0.2) is 49.4 Å². The van der Waals surface area contributed by atoms with Crippen molar-refractivity contribution >= 4 is 17.9 Å². The van der Waals surface area contributed by atoms with E-state index >= 15 is 8.78 Å². The number of carbonyl (C=O) groups is 1. The van der Waals surface area contributed by atoms with Gasteiger partial charge in [0, 0.05) is 16.6 Å². The monoisotopic (exact) mass is 674 g/mol. The van der Waals surface area contributed by atoms with Gasteiger partial charge in [-0.05, 0) is 52.8 Å². The molecule has 5 atom stereocenters. The Morgan fingerprint density at radius 1 is 0.812 bits per heavy atom. The topological polar surface area (TPSA) is 63.2 Å². The summed E-state index contributed by atoms with van der Waals surface area (Å²) in [5.74, 6) is -2.58. The van der Waals surface area contributed by atoms with Gasteiger partial charge in [0.2, 0.25) is 0 Å². The van der Waals surface area contributed by atoms with Gasteiger partial charge < -0.3 is 23.7 Å². The second-order valence-corrected chi connectivity index (χ2v) is 13.0. The second-order valence-electron chi connectivity index (χ2n) is 11.9. The summed E-state index contributed by atoms with van der Waals surface area (Å²) in [6, 6.07) is 33.2. The third kappa shape index (κ3) is 7.76. The average molecular weight is 675 g/mol. The first kappa shape index (κ1) is 34.1. The Morgan fingerprint density at radius 2 is 1.46 bits per heavy atom. The van der Waals surface area contributed by atoms with Crippen LogP contribution < -0.4 is 0 Å². The van der Waals surface area contributed by atoms with E-state index in [9.17, 15) is 4.79 Å². The summed E-state index contributed by atoms with van der Waals surface area (Å²) < 4.78 is 61.8. The number of benzene rings is 4. The molecule has 2 aliphatic heterocycles. The molecule has 2 aliphatic rings. The molecule has 2 heterocycles. The number of ether oxygens (including phenoxy) is 5. The van der Waals surface area contributed by atoms with Gasteiger partial charge >= 0.3 is 12.1 Å². The van der Waals surface area contributed by atoms with E-state index in [1.165, 1.54) is 11.1 Å². The Morgan fingerprint density at radius 3 is 2.10 bits per heavy atom. The molecule has 0 amide bonds. The van der Waals surface area contributed by atoms with E-state index in [0.29, 0.717) is 5.56 Å². The number of alkyl halides is 2. The molecule has 0 spiro atoms. The lowest BCUT2D eigenvalue weighted by atomic mass is 9.86. The van der Waals surface area contributed by atoms with Gasteiger partial charge in [0.25, 0.3) is 0 Å². The molecule has 0 bridgehead atoms. The van der Waals surface area contributed by atoms with E-state index in [1.807, 2.05) is 72.8 Å². The number of fused-ring (bicyclic) bond motifs is 1. The second kappa shape index (κ2) is 15.6. The zero-order valence-corrected chi connectivity index (χ0v) is 27.9. The first-order chi connectivity index (χ1) is 23.4. The highest BCUT2D eigenvalue weighted by atomic mass is 32.2. The first-order valence-corrected chi connectivity index (χ1v) is 17.3. The number of hydrogen-bond donors (Lipinski definition) is 0. The van der Waals surface area contributed by atoms with Gasteiger partial charge in [-0.3, -0.25) is 0 Å². The van der Waals surface area contributed by atoms with Crippen molar-refractivity contribution in [3.63, 3.8) is 0 Å². The predicted octanol–water partition coefficient (Wildman–Crippen LogP) is 8.91. The highest BCUT2D eigenvalue weighted by Crippen LogP contribution is 2.48. The van der Waals surface area contributed by atoms with Crippen molar-refractivity contribution in [1.29, 1.82) is 0 Å². The maximum atomic E-state index is 16.5. The van der Waals surface area contributed by atoms with E-state index in [-0.39, 0.29) is 25.7 Å². The molecule has 5 unspecified atom stereocenters. The Hall–Kier alpha value is -3.76. The molecule has 0 saturated carbocycles. The highest BCUT2D eigenvalue weighted by molar-refractivity contribution is 7.99. The van der Waals surface area contributed by atoms with Gasteiger partial charge in [0.1, 0.15) is 18.8 Å². The minimum atomic E-state index is -3.59. The van der Waals surface area contributed by atoms with E-state index < -0.39 is 43.1 Å². The Balaban J connectivity index is 1.37. The van der Waals surface area contributed by atoms with E-state index in [0.717, 1.165) is 33.8 Å². The standard InChI is InChI=1S/C39H40F2O6S/c1-3-26-15-17-29(18-16-26)32-25-48-33-20-19-30(21-31(32)33)35-36(44-22-27-11-7-5-8-12-27)37(45-23-28-13-9-6-10-14-28)39(40,41)34(47-35)24-46-38(42)43-4-2/h5-21,32,34-37H,3-4,22-25H2,1-2H3. The quantitative estimate of drug-likeness (QED) is 0.139. The minimum Gasteiger partial charge on any atom is -0.435 e. The zero-order chi connectivity index (χ0) is 33.5. The van der Waals surface area contributed by atoms with Crippen LogP contribution in [0.4, 0.5) is 13.6 Å². The van der Waals surface area contributed by atoms with Crippen LogP contribution in [0.3, 0.4) is 0 Å². The summed E-state index contributed by atoms with van der Waals surface area (Å²) in [6.07, 6.45) is -5.77. The third-order valence-corrected chi connectivity index (χ3v) is 10.0. The summed E-state index contributed by atoms with van der Waals surface area (Å²) in [5, 5.41) is 0. The van der Waals surface area contributed by atoms with E-state index in [2.05, 4.69) is 37.3 Å². The fourth-order valence-corrected chi connectivity index (χ4v) is 7.46. The van der Waals surface area contributed by atoms with Crippen LogP contribution in [0.2, 0.25) is 0 Å². The summed E-state index contributed by atoms with van der Waals surface area (Å²) >= 11 is 1.78. The third-order valence-electron chi connectivity index (χ3n) is 8.82. The van der Waals surface area contributed by atoms with Gasteiger partial charge in [0.15, 0.2) is 12.2 Å². The number of halogens is 2. The maximum absolute atomic E-state index is 16.5. The van der Waals surface area contributed by atoms with Crippen LogP contribution in [0.25, 0.3) is 0 Å². The molecular formula is C39H40F2O6S. The van der Waals surface area contributed by atoms with Crippen LogP contribution in [0.1, 0.15) is 59.3 Å². The molecule has 0 aliphatic carbocycles. The molecule has 9 heteroatoms. The van der Waals surface area contributed by atoms with Crippen LogP contribution in [0, 0.1) is 0 Å². The molecule has 6 nitrogen and oxygen atoms in total. The number of carbonyl (C=O) groups excluding carboxylic acids is 1. The minimum absolute atomic E-state index is 0.0526. The SMILES string of the molecule is CCOC(=O)OCC1OC(c2ccc3c(c2)C(c2ccc(CC)cc2)CS3)C(OCc2ccccc2)C(OCc2ccccc2)C1(F)F. The molecule has 252 valence electrons. The molecule has 4 aromatic rings. The van der Waals surface area contributed by atoms with Crippen molar-refractivity contribution < 1.29 is 37.3 Å². The molecule has 0 radical (unpaired) electrons. The molecule has 1 saturated heterocycles. The van der Waals surface area contributed by atoms with Gasteiger partial charge in [-0.25, -0.2) is 13.6 Å². The van der Waals surface area contributed by atoms with Gasteiger partial charge in [-0.15, -0.1) is 11.8 Å². The number of thioether (sulfide) groups is 1.